The number of aryl methyl sites for hydroxylation is 1. The van der Waals surface area contributed by atoms with E-state index in [9.17, 15) is 9.18 Å². The van der Waals surface area contributed by atoms with Gasteiger partial charge < -0.3 is 4.90 Å². The molecule has 0 saturated heterocycles. The maximum Gasteiger partial charge on any atom is 0.256 e. The molecule has 0 spiro atoms. The molecule has 1 aromatic carbocycles. The first kappa shape index (κ1) is 10.7. The first-order chi connectivity index (χ1) is 6.57. The van der Waals surface area contributed by atoms with Crippen LogP contribution in [0.25, 0.3) is 0 Å². The third-order valence-corrected chi connectivity index (χ3v) is 2.10. The van der Waals surface area contributed by atoms with E-state index in [1.807, 2.05) is 6.92 Å². The minimum absolute atomic E-state index is 0.148. The van der Waals surface area contributed by atoms with Crippen LogP contribution in [0.2, 0.25) is 0 Å². The molecule has 0 radical (unpaired) electrons. The zero-order chi connectivity index (χ0) is 10.7. The van der Waals surface area contributed by atoms with Crippen molar-refractivity contribution in [1.29, 1.82) is 0 Å². The Hall–Kier alpha value is -1.38. The molecular formula is C11H14FNO. The molecule has 1 amide bonds. The van der Waals surface area contributed by atoms with Crippen molar-refractivity contribution in [2.75, 3.05) is 14.1 Å². The topological polar surface area (TPSA) is 20.3 Å². The normalized spacial score (nSPS) is 10.0. The summed E-state index contributed by atoms with van der Waals surface area (Å²) in [5.41, 5.74) is 0.729. The van der Waals surface area contributed by atoms with E-state index in [1.54, 1.807) is 26.2 Å². The summed E-state index contributed by atoms with van der Waals surface area (Å²) in [7, 11) is 3.22. The minimum atomic E-state index is -0.395. The number of hydrogen-bond acceptors (Lipinski definition) is 1. The predicted octanol–water partition coefficient (Wildman–Crippen LogP) is 2.09. The molecule has 0 atom stereocenters. The molecule has 0 unspecified atom stereocenters. The van der Waals surface area contributed by atoms with Crippen LogP contribution in [0.1, 0.15) is 22.8 Å². The molecule has 3 heteroatoms. The molecule has 1 aromatic rings. The Labute approximate surface area is 83.3 Å². The van der Waals surface area contributed by atoms with Crippen LogP contribution in [-0.4, -0.2) is 24.9 Å². The van der Waals surface area contributed by atoms with Gasteiger partial charge in [0.25, 0.3) is 5.91 Å². The second-order valence-electron chi connectivity index (χ2n) is 3.33. The van der Waals surface area contributed by atoms with Crippen LogP contribution in [0.4, 0.5) is 4.39 Å². The van der Waals surface area contributed by atoms with Crippen LogP contribution in [0.15, 0.2) is 18.2 Å². The number of carbonyl (C=O) groups excluding carboxylic acids is 1. The van der Waals surface area contributed by atoms with Gasteiger partial charge in [0.1, 0.15) is 5.82 Å². The Morgan fingerprint density at radius 1 is 1.43 bits per heavy atom. The highest BCUT2D eigenvalue weighted by molar-refractivity contribution is 5.94. The molecule has 0 aliphatic rings. The monoisotopic (exact) mass is 195 g/mol. The Kier molecular flexibility index (Phi) is 3.23. The second kappa shape index (κ2) is 4.22. The van der Waals surface area contributed by atoms with E-state index in [2.05, 4.69) is 0 Å². The lowest BCUT2D eigenvalue weighted by molar-refractivity contribution is 0.0823. The van der Waals surface area contributed by atoms with Crippen LogP contribution in [-0.2, 0) is 6.42 Å². The van der Waals surface area contributed by atoms with E-state index in [-0.39, 0.29) is 11.5 Å². The van der Waals surface area contributed by atoms with Crippen LogP contribution >= 0.6 is 0 Å². The second-order valence-corrected chi connectivity index (χ2v) is 3.33. The Bertz CT molecular complexity index is 347. The summed E-state index contributed by atoms with van der Waals surface area (Å²) in [4.78, 5) is 12.9. The van der Waals surface area contributed by atoms with E-state index in [1.165, 1.54) is 11.0 Å². The SMILES string of the molecule is CCc1cccc(C(=O)N(C)C)c1F. The maximum absolute atomic E-state index is 13.6. The molecular weight excluding hydrogens is 181 g/mol. The van der Waals surface area contributed by atoms with Gasteiger partial charge in [-0.15, -0.1) is 0 Å². The van der Waals surface area contributed by atoms with Gasteiger partial charge >= 0.3 is 0 Å². The molecule has 0 N–H and O–H groups in total. The van der Waals surface area contributed by atoms with Crippen LogP contribution in [0.3, 0.4) is 0 Å². The highest BCUT2D eigenvalue weighted by atomic mass is 19.1. The molecule has 2 nitrogen and oxygen atoms in total. The summed E-state index contributed by atoms with van der Waals surface area (Å²) in [6.45, 7) is 1.86. The number of halogens is 1. The molecule has 0 bridgehead atoms. The van der Waals surface area contributed by atoms with E-state index in [4.69, 9.17) is 0 Å². The number of carbonyl (C=O) groups is 1. The first-order valence-corrected chi connectivity index (χ1v) is 4.57. The molecule has 0 saturated carbocycles. The van der Waals surface area contributed by atoms with Crippen LogP contribution in [0.5, 0.6) is 0 Å². The van der Waals surface area contributed by atoms with Crippen molar-refractivity contribution < 1.29 is 9.18 Å². The first-order valence-electron chi connectivity index (χ1n) is 4.57. The molecule has 14 heavy (non-hydrogen) atoms. The number of benzene rings is 1. The highest BCUT2D eigenvalue weighted by Gasteiger charge is 2.15. The quantitative estimate of drug-likeness (QED) is 0.707. The van der Waals surface area contributed by atoms with E-state index >= 15 is 0 Å². The average molecular weight is 195 g/mol. The van der Waals surface area contributed by atoms with E-state index < -0.39 is 5.82 Å². The third-order valence-electron chi connectivity index (χ3n) is 2.10. The Morgan fingerprint density at radius 2 is 2.07 bits per heavy atom. The zero-order valence-corrected chi connectivity index (χ0v) is 8.67. The number of nitrogens with zero attached hydrogens (tertiary/aromatic N) is 1. The largest absolute Gasteiger partial charge is 0.345 e. The van der Waals surface area contributed by atoms with Gasteiger partial charge in [-0.25, -0.2) is 4.39 Å². The molecule has 0 fully saturated rings. The Morgan fingerprint density at radius 3 is 2.57 bits per heavy atom. The third kappa shape index (κ3) is 1.92. The van der Waals surface area contributed by atoms with Gasteiger partial charge in [-0.3, -0.25) is 4.79 Å². The lowest BCUT2D eigenvalue weighted by Crippen LogP contribution is -2.23. The fraction of sp³-hybridized carbons (Fsp3) is 0.364. The van der Waals surface area contributed by atoms with Crippen molar-refractivity contribution in [3.8, 4) is 0 Å². The smallest absolute Gasteiger partial charge is 0.256 e. The fourth-order valence-corrected chi connectivity index (χ4v) is 1.26. The lowest BCUT2D eigenvalue weighted by atomic mass is 10.1. The zero-order valence-electron chi connectivity index (χ0n) is 8.67. The van der Waals surface area contributed by atoms with Crippen molar-refractivity contribution in [2.45, 2.75) is 13.3 Å². The summed E-state index contributed by atoms with van der Waals surface area (Å²) in [5, 5.41) is 0. The average Bonchev–Trinajstić information content (AvgIpc) is 2.17. The summed E-state index contributed by atoms with van der Waals surface area (Å²) in [6.07, 6.45) is 0.598. The fourth-order valence-electron chi connectivity index (χ4n) is 1.26. The summed E-state index contributed by atoms with van der Waals surface area (Å²) >= 11 is 0. The van der Waals surface area contributed by atoms with Gasteiger partial charge in [-0.2, -0.15) is 0 Å². The Balaban J connectivity index is 3.16. The van der Waals surface area contributed by atoms with Crippen molar-refractivity contribution in [3.63, 3.8) is 0 Å². The van der Waals surface area contributed by atoms with Crippen molar-refractivity contribution in [3.05, 3.63) is 35.1 Å². The van der Waals surface area contributed by atoms with Gasteiger partial charge in [0, 0.05) is 14.1 Å². The van der Waals surface area contributed by atoms with E-state index in [0.29, 0.717) is 12.0 Å². The summed E-state index contributed by atoms with van der Waals surface area (Å²) in [6, 6.07) is 4.91. The maximum atomic E-state index is 13.6. The van der Waals surface area contributed by atoms with Gasteiger partial charge in [0.15, 0.2) is 0 Å². The van der Waals surface area contributed by atoms with Gasteiger partial charge in [0.05, 0.1) is 5.56 Å². The molecule has 0 aliphatic heterocycles. The minimum Gasteiger partial charge on any atom is -0.345 e. The van der Waals surface area contributed by atoms with Gasteiger partial charge in [-0.1, -0.05) is 19.1 Å². The molecule has 76 valence electrons. The predicted molar refractivity (Wildman–Crippen MR) is 53.8 cm³/mol. The highest BCUT2D eigenvalue weighted by Crippen LogP contribution is 2.14. The molecule has 0 aromatic heterocycles. The van der Waals surface area contributed by atoms with E-state index in [0.717, 1.165) is 0 Å². The standard InChI is InChI=1S/C11H14FNO/c1-4-8-6-5-7-9(10(8)12)11(14)13(2)3/h5-7H,4H2,1-3H3. The molecule has 0 aliphatic carbocycles. The molecule has 0 heterocycles. The number of rotatable bonds is 2. The van der Waals surface area contributed by atoms with Crippen molar-refractivity contribution in [1.82, 2.24) is 4.90 Å². The summed E-state index contributed by atoms with van der Waals surface area (Å²) < 4.78 is 13.6. The van der Waals surface area contributed by atoms with Gasteiger partial charge in [-0.05, 0) is 18.1 Å². The van der Waals surface area contributed by atoms with Crippen molar-refractivity contribution >= 4 is 5.91 Å². The van der Waals surface area contributed by atoms with Crippen molar-refractivity contribution in [2.24, 2.45) is 0 Å². The van der Waals surface area contributed by atoms with Crippen LogP contribution in [0, 0.1) is 5.82 Å². The number of hydrogen-bond donors (Lipinski definition) is 0. The van der Waals surface area contributed by atoms with Crippen LogP contribution < -0.4 is 0 Å². The lowest BCUT2D eigenvalue weighted by Gasteiger charge is -2.12. The summed E-state index contributed by atoms with van der Waals surface area (Å²) in [5.74, 6) is -0.688. The molecule has 1 rings (SSSR count). The van der Waals surface area contributed by atoms with Gasteiger partial charge in [0.2, 0.25) is 0 Å². The number of amides is 1.